The zero-order valence-electron chi connectivity index (χ0n) is 10.4. The second-order valence-corrected chi connectivity index (χ2v) is 4.66. The molecule has 0 bridgehead atoms. The lowest BCUT2D eigenvalue weighted by Crippen LogP contribution is -2.23. The van der Waals surface area contributed by atoms with Crippen LogP contribution in [0, 0.1) is 0 Å². The van der Waals surface area contributed by atoms with Crippen LogP contribution < -0.4 is 5.32 Å². The Hall–Kier alpha value is -2.40. The number of carbonyl (C=O) groups excluding carboxylic acids is 1. The maximum absolute atomic E-state index is 12.3. The van der Waals surface area contributed by atoms with Gasteiger partial charge in [-0.15, -0.1) is 0 Å². The largest absolute Gasteiger partial charge is 0.347 e. The van der Waals surface area contributed by atoms with E-state index >= 15 is 0 Å². The van der Waals surface area contributed by atoms with Crippen LogP contribution in [0.2, 0.25) is 5.15 Å². The van der Waals surface area contributed by atoms with Gasteiger partial charge in [0.15, 0.2) is 0 Å². The molecule has 2 N–H and O–H groups in total. The fraction of sp³-hybridized carbons (Fsp3) is 0.0714. The highest BCUT2D eigenvalue weighted by Crippen LogP contribution is 2.20. The number of hydrogen-bond donors (Lipinski definition) is 2. The third kappa shape index (κ3) is 2.48. The lowest BCUT2D eigenvalue weighted by atomic mass is 10.1. The minimum Gasteiger partial charge on any atom is -0.347 e. The maximum atomic E-state index is 12.3. The van der Waals surface area contributed by atoms with E-state index in [1.807, 2.05) is 24.3 Å². The predicted octanol–water partition coefficient (Wildman–Crippen LogP) is 2.54. The van der Waals surface area contributed by atoms with Gasteiger partial charge in [0.25, 0.3) is 5.91 Å². The van der Waals surface area contributed by atoms with Crippen molar-refractivity contribution in [1.82, 2.24) is 20.3 Å². The molecular formula is C14H11ClN4O. The van der Waals surface area contributed by atoms with Crippen molar-refractivity contribution in [2.45, 2.75) is 6.54 Å². The summed E-state index contributed by atoms with van der Waals surface area (Å²) in [5.41, 5.74) is 2.05. The van der Waals surface area contributed by atoms with Gasteiger partial charge in [0.2, 0.25) is 0 Å². The number of rotatable bonds is 3. The fourth-order valence-electron chi connectivity index (χ4n) is 1.98. The fourth-order valence-corrected chi connectivity index (χ4v) is 2.18. The monoisotopic (exact) mass is 286 g/mol. The van der Waals surface area contributed by atoms with E-state index in [0.29, 0.717) is 22.8 Å². The summed E-state index contributed by atoms with van der Waals surface area (Å²) in [5.74, 6) is -0.194. The molecule has 0 saturated heterocycles. The van der Waals surface area contributed by atoms with Crippen molar-refractivity contribution in [1.29, 1.82) is 0 Å². The number of H-pyrrole nitrogens is 1. The molecule has 0 aliphatic heterocycles. The van der Waals surface area contributed by atoms with E-state index in [1.165, 1.54) is 0 Å². The van der Waals surface area contributed by atoms with Crippen LogP contribution in [0.4, 0.5) is 0 Å². The minimum atomic E-state index is -0.194. The Balaban J connectivity index is 1.90. The standard InChI is InChI=1S/C14H11ClN4O/c15-13-5-11(10-3-1-2-4-12(10)19-13)14(20)17-7-9-6-16-8-18-9/h1-6,8H,7H2,(H,16,18)(H,17,20). The number of pyridine rings is 1. The first-order valence-corrected chi connectivity index (χ1v) is 6.42. The Kier molecular flexibility index (Phi) is 3.35. The highest BCUT2D eigenvalue weighted by Gasteiger charge is 2.12. The summed E-state index contributed by atoms with van der Waals surface area (Å²) >= 11 is 5.96. The van der Waals surface area contributed by atoms with Crippen LogP contribution in [-0.4, -0.2) is 20.9 Å². The first-order chi connectivity index (χ1) is 9.74. The molecule has 1 aromatic carbocycles. The van der Waals surface area contributed by atoms with E-state index in [-0.39, 0.29) is 5.91 Å². The highest BCUT2D eigenvalue weighted by molar-refractivity contribution is 6.30. The van der Waals surface area contributed by atoms with E-state index in [1.54, 1.807) is 18.6 Å². The number of carbonyl (C=O) groups is 1. The van der Waals surface area contributed by atoms with Gasteiger partial charge in [-0.05, 0) is 12.1 Å². The molecule has 0 radical (unpaired) electrons. The number of nitrogens with zero attached hydrogens (tertiary/aromatic N) is 2. The molecule has 0 fully saturated rings. The van der Waals surface area contributed by atoms with Crippen LogP contribution in [0.15, 0.2) is 42.9 Å². The lowest BCUT2D eigenvalue weighted by Gasteiger charge is -2.07. The van der Waals surface area contributed by atoms with Gasteiger partial charge in [0.05, 0.1) is 29.6 Å². The first-order valence-electron chi connectivity index (χ1n) is 6.05. The Bertz CT molecular complexity index is 755. The number of aromatic nitrogens is 3. The number of hydrogen-bond acceptors (Lipinski definition) is 3. The number of halogens is 1. The van der Waals surface area contributed by atoms with Crippen molar-refractivity contribution in [3.8, 4) is 0 Å². The molecule has 0 saturated carbocycles. The normalized spacial score (nSPS) is 10.7. The molecule has 100 valence electrons. The highest BCUT2D eigenvalue weighted by atomic mass is 35.5. The average Bonchev–Trinajstić information content (AvgIpc) is 2.97. The van der Waals surface area contributed by atoms with Crippen molar-refractivity contribution in [2.24, 2.45) is 0 Å². The summed E-state index contributed by atoms with van der Waals surface area (Å²) < 4.78 is 0. The van der Waals surface area contributed by atoms with Crippen LogP contribution >= 0.6 is 11.6 Å². The molecule has 20 heavy (non-hydrogen) atoms. The summed E-state index contributed by atoms with van der Waals surface area (Å²) in [6.45, 7) is 0.382. The number of nitrogens with one attached hydrogen (secondary N) is 2. The molecule has 0 spiro atoms. The Morgan fingerprint density at radius 3 is 3.00 bits per heavy atom. The summed E-state index contributed by atoms with van der Waals surface area (Å²) in [6.07, 6.45) is 3.23. The van der Waals surface area contributed by atoms with E-state index in [9.17, 15) is 4.79 Å². The van der Waals surface area contributed by atoms with Crippen LogP contribution in [0.1, 0.15) is 16.1 Å². The Labute approximate surface area is 120 Å². The molecule has 2 heterocycles. The second kappa shape index (κ2) is 5.30. The molecular weight excluding hydrogens is 276 g/mol. The molecule has 0 aliphatic rings. The molecule has 0 atom stereocenters. The molecule has 1 amide bonds. The van der Waals surface area contributed by atoms with Crippen LogP contribution in [0.3, 0.4) is 0 Å². The average molecular weight is 287 g/mol. The minimum absolute atomic E-state index is 0.194. The topological polar surface area (TPSA) is 70.7 Å². The maximum Gasteiger partial charge on any atom is 0.252 e. The second-order valence-electron chi connectivity index (χ2n) is 4.27. The van der Waals surface area contributed by atoms with Crippen molar-refractivity contribution in [3.05, 3.63) is 59.3 Å². The predicted molar refractivity (Wildman–Crippen MR) is 76.5 cm³/mol. The number of imidazole rings is 1. The van der Waals surface area contributed by atoms with Gasteiger partial charge in [-0.3, -0.25) is 4.79 Å². The zero-order chi connectivity index (χ0) is 13.9. The van der Waals surface area contributed by atoms with E-state index < -0.39 is 0 Å². The van der Waals surface area contributed by atoms with Crippen LogP contribution in [-0.2, 0) is 6.54 Å². The number of fused-ring (bicyclic) bond motifs is 1. The van der Waals surface area contributed by atoms with Crippen molar-refractivity contribution in [2.75, 3.05) is 0 Å². The smallest absolute Gasteiger partial charge is 0.252 e. The SMILES string of the molecule is O=C(NCc1cnc[nH]1)c1cc(Cl)nc2ccccc12. The Morgan fingerprint density at radius 2 is 2.20 bits per heavy atom. The summed E-state index contributed by atoms with van der Waals surface area (Å²) in [4.78, 5) is 23.3. The molecule has 0 unspecified atom stereocenters. The molecule has 5 nitrogen and oxygen atoms in total. The van der Waals surface area contributed by atoms with Gasteiger partial charge in [0.1, 0.15) is 5.15 Å². The quantitative estimate of drug-likeness (QED) is 0.727. The van der Waals surface area contributed by atoms with Crippen molar-refractivity contribution in [3.63, 3.8) is 0 Å². The molecule has 2 aromatic heterocycles. The van der Waals surface area contributed by atoms with Gasteiger partial charge >= 0.3 is 0 Å². The third-order valence-corrected chi connectivity index (χ3v) is 3.12. The number of benzene rings is 1. The van der Waals surface area contributed by atoms with E-state index in [0.717, 1.165) is 11.1 Å². The zero-order valence-corrected chi connectivity index (χ0v) is 11.2. The lowest BCUT2D eigenvalue weighted by molar-refractivity contribution is 0.0952. The summed E-state index contributed by atoms with van der Waals surface area (Å²) in [6, 6.07) is 8.98. The van der Waals surface area contributed by atoms with E-state index in [2.05, 4.69) is 20.3 Å². The van der Waals surface area contributed by atoms with Gasteiger partial charge in [-0.1, -0.05) is 29.8 Å². The van der Waals surface area contributed by atoms with Crippen molar-refractivity contribution >= 4 is 28.4 Å². The molecule has 0 aliphatic carbocycles. The van der Waals surface area contributed by atoms with Crippen LogP contribution in [0.25, 0.3) is 10.9 Å². The van der Waals surface area contributed by atoms with Crippen LogP contribution in [0.5, 0.6) is 0 Å². The van der Waals surface area contributed by atoms with Crippen molar-refractivity contribution < 1.29 is 4.79 Å². The number of amides is 1. The molecule has 3 rings (SSSR count). The number of para-hydroxylation sites is 1. The first kappa shape index (κ1) is 12.6. The van der Waals surface area contributed by atoms with Gasteiger partial charge in [0, 0.05) is 11.6 Å². The van der Waals surface area contributed by atoms with E-state index in [4.69, 9.17) is 11.6 Å². The van der Waals surface area contributed by atoms with Gasteiger partial charge < -0.3 is 10.3 Å². The van der Waals surface area contributed by atoms with Gasteiger partial charge in [-0.2, -0.15) is 0 Å². The Morgan fingerprint density at radius 1 is 1.35 bits per heavy atom. The molecule has 3 aromatic rings. The number of aromatic amines is 1. The van der Waals surface area contributed by atoms with Gasteiger partial charge in [-0.25, -0.2) is 9.97 Å². The summed E-state index contributed by atoms with van der Waals surface area (Å²) in [7, 11) is 0. The third-order valence-electron chi connectivity index (χ3n) is 2.92. The molecule has 6 heteroatoms. The summed E-state index contributed by atoms with van der Waals surface area (Å²) in [5, 5.41) is 3.90.